The number of nitrogens with two attached hydrogens (primary N) is 1. The molecule has 5 rings (SSSR count). The van der Waals surface area contributed by atoms with Gasteiger partial charge in [0.15, 0.2) is 5.82 Å². The fraction of sp³-hybridized carbons (Fsp3) is 0.182. The Morgan fingerprint density at radius 1 is 1.04 bits per heavy atom. The van der Waals surface area contributed by atoms with Crippen molar-refractivity contribution < 1.29 is 0 Å². The molecular formula is C22H20N4S2. The number of hydrogen-bond donors (Lipinski definition) is 1. The summed E-state index contributed by atoms with van der Waals surface area (Å²) in [6, 6.07) is 12.3. The predicted molar refractivity (Wildman–Crippen MR) is 117 cm³/mol. The van der Waals surface area contributed by atoms with Gasteiger partial charge in [0, 0.05) is 53.9 Å². The van der Waals surface area contributed by atoms with Crippen LogP contribution in [0.15, 0.2) is 58.7 Å². The van der Waals surface area contributed by atoms with Gasteiger partial charge in [0.25, 0.3) is 0 Å². The maximum absolute atomic E-state index is 5.78. The Hall–Kier alpha value is -2.54. The lowest BCUT2D eigenvalue weighted by molar-refractivity contribution is 0.245. The first-order valence-electron chi connectivity index (χ1n) is 9.28. The highest BCUT2D eigenvalue weighted by molar-refractivity contribution is 7.10. The molecule has 0 unspecified atom stereocenters. The van der Waals surface area contributed by atoms with Crippen LogP contribution in [0.25, 0.3) is 22.5 Å². The third-order valence-corrected chi connectivity index (χ3v) is 6.67. The maximum Gasteiger partial charge on any atom is 0.159 e. The number of thiophene rings is 2. The number of nitrogens with zero attached hydrogens (tertiary/aromatic N) is 3. The molecule has 0 amide bonds. The topological polar surface area (TPSA) is 55.0 Å². The largest absolute Gasteiger partial charge is 0.399 e. The van der Waals surface area contributed by atoms with Crippen LogP contribution in [0.3, 0.4) is 0 Å². The van der Waals surface area contributed by atoms with E-state index in [0.717, 1.165) is 43.1 Å². The fourth-order valence-corrected chi connectivity index (χ4v) is 5.14. The van der Waals surface area contributed by atoms with Gasteiger partial charge >= 0.3 is 0 Å². The molecule has 1 aromatic carbocycles. The lowest BCUT2D eigenvalue weighted by atomic mass is 10.1. The van der Waals surface area contributed by atoms with Gasteiger partial charge in [0.1, 0.15) is 0 Å². The third kappa shape index (κ3) is 3.58. The van der Waals surface area contributed by atoms with Gasteiger partial charge in [-0.05, 0) is 63.7 Å². The average Bonchev–Trinajstić information content (AvgIpc) is 3.40. The highest BCUT2D eigenvalue weighted by Gasteiger charge is 2.19. The van der Waals surface area contributed by atoms with E-state index in [-0.39, 0.29) is 0 Å². The van der Waals surface area contributed by atoms with Crippen molar-refractivity contribution in [2.24, 2.45) is 0 Å². The number of hydrogen-bond acceptors (Lipinski definition) is 6. The van der Waals surface area contributed by atoms with Gasteiger partial charge < -0.3 is 5.73 Å². The van der Waals surface area contributed by atoms with Crippen LogP contribution in [-0.4, -0.2) is 21.4 Å². The average molecular weight is 405 g/mol. The Kier molecular flexibility index (Phi) is 4.68. The molecule has 3 aromatic heterocycles. The van der Waals surface area contributed by atoms with Crippen molar-refractivity contribution in [1.29, 1.82) is 0 Å². The highest BCUT2D eigenvalue weighted by Crippen LogP contribution is 2.29. The van der Waals surface area contributed by atoms with Crippen LogP contribution in [0.1, 0.15) is 16.1 Å². The van der Waals surface area contributed by atoms with Crippen LogP contribution >= 0.6 is 22.7 Å². The number of anilines is 1. The summed E-state index contributed by atoms with van der Waals surface area (Å²) >= 11 is 3.59. The van der Waals surface area contributed by atoms with E-state index in [4.69, 9.17) is 10.7 Å². The van der Waals surface area contributed by atoms with Crippen LogP contribution in [0.2, 0.25) is 0 Å². The second kappa shape index (κ2) is 7.47. The zero-order chi connectivity index (χ0) is 18.9. The van der Waals surface area contributed by atoms with E-state index in [1.165, 1.54) is 27.3 Å². The van der Waals surface area contributed by atoms with Gasteiger partial charge in [-0.15, -0.1) is 11.3 Å². The van der Waals surface area contributed by atoms with Gasteiger partial charge in [-0.1, -0.05) is 0 Å². The Labute approximate surface area is 172 Å². The van der Waals surface area contributed by atoms with E-state index in [9.17, 15) is 0 Å². The fourth-order valence-electron chi connectivity index (χ4n) is 3.54. The van der Waals surface area contributed by atoms with Gasteiger partial charge in [-0.25, -0.2) is 9.97 Å². The second-order valence-corrected chi connectivity index (χ2v) is 8.84. The molecule has 4 heterocycles. The first-order valence-corrected chi connectivity index (χ1v) is 11.1. The summed E-state index contributed by atoms with van der Waals surface area (Å²) in [6.07, 6.45) is 2.95. The SMILES string of the molecule is Nc1ccc(-c2ncc3c(n2)CCN(Cc2cc(-c4ccsc4)cs2)C3)cc1. The van der Waals surface area contributed by atoms with Crippen molar-refractivity contribution in [2.45, 2.75) is 19.5 Å². The van der Waals surface area contributed by atoms with E-state index in [0.29, 0.717) is 0 Å². The molecule has 0 bridgehead atoms. The van der Waals surface area contributed by atoms with Gasteiger partial charge in [0.2, 0.25) is 0 Å². The first-order chi connectivity index (χ1) is 13.7. The third-order valence-electron chi connectivity index (χ3n) is 5.07. The number of aromatic nitrogens is 2. The van der Waals surface area contributed by atoms with E-state index >= 15 is 0 Å². The molecule has 4 nitrogen and oxygen atoms in total. The van der Waals surface area contributed by atoms with Crippen LogP contribution in [-0.2, 0) is 19.5 Å². The Morgan fingerprint density at radius 3 is 2.75 bits per heavy atom. The molecular weight excluding hydrogens is 384 g/mol. The first kappa shape index (κ1) is 17.6. The zero-order valence-corrected chi connectivity index (χ0v) is 17.0. The summed E-state index contributed by atoms with van der Waals surface area (Å²) in [5.74, 6) is 0.783. The minimum atomic E-state index is 0.757. The maximum atomic E-state index is 5.78. The lowest BCUT2D eigenvalue weighted by Gasteiger charge is -2.27. The van der Waals surface area contributed by atoms with Crippen molar-refractivity contribution in [3.63, 3.8) is 0 Å². The summed E-state index contributed by atoms with van der Waals surface area (Å²) in [5, 5.41) is 6.60. The van der Waals surface area contributed by atoms with Crippen molar-refractivity contribution in [2.75, 3.05) is 12.3 Å². The van der Waals surface area contributed by atoms with E-state index in [2.05, 4.69) is 38.2 Å². The number of nitrogen functional groups attached to an aromatic ring is 1. The normalized spacial score (nSPS) is 14.1. The van der Waals surface area contributed by atoms with Gasteiger partial charge in [-0.2, -0.15) is 11.3 Å². The molecule has 0 spiro atoms. The molecule has 4 aromatic rings. The van der Waals surface area contributed by atoms with Gasteiger partial charge in [-0.3, -0.25) is 4.90 Å². The summed E-state index contributed by atoms with van der Waals surface area (Å²) < 4.78 is 0. The van der Waals surface area contributed by atoms with Gasteiger partial charge in [0.05, 0.1) is 5.69 Å². The summed E-state index contributed by atoms with van der Waals surface area (Å²) in [5.41, 5.74) is 12.6. The Bertz CT molecular complexity index is 1080. The quantitative estimate of drug-likeness (QED) is 0.482. The van der Waals surface area contributed by atoms with Crippen LogP contribution in [0, 0.1) is 0 Å². The van der Waals surface area contributed by atoms with Crippen molar-refractivity contribution in [1.82, 2.24) is 14.9 Å². The molecule has 0 fully saturated rings. The molecule has 140 valence electrons. The van der Waals surface area contributed by atoms with E-state index in [1.54, 1.807) is 11.3 Å². The molecule has 0 saturated heterocycles. The van der Waals surface area contributed by atoms with Crippen molar-refractivity contribution >= 4 is 28.4 Å². The van der Waals surface area contributed by atoms with Crippen molar-refractivity contribution in [3.05, 3.63) is 74.9 Å². The number of benzene rings is 1. The monoisotopic (exact) mass is 404 g/mol. The highest BCUT2D eigenvalue weighted by atomic mass is 32.1. The molecule has 1 aliphatic heterocycles. The van der Waals surface area contributed by atoms with Crippen LogP contribution < -0.4 is 5.73 Å². The predicted octanol–water partition coefficient (Wildman–Crippen LogP) is 5.07. The minimum Gasteiger partial charge on any atom is -0.399 e. The molecule has 1 aliphatic rings. The summed E-state index contributed by atoms with van der Waals surface area (Å²) in [4.78, 5) is 13.3. The molecule has 2 N–H and O–H groups in total. The van der Waals surface area contributed by atoms with Crippen molar-refractivity contribution in [3.8, 4) is 22.5 Å². The van der Waals surface area contributed by atoms with E-state index < -0.39 is 0 Å². The molecule has 0 saturated carbocycles. The zero-order valence-electron chi connectivity index (χ0n) is 15.3. The summed E-state index contributed by atoms with van der Waals surface area (Å²) in [6.45, 7) is 2.91. The standard InChI is InChI=1S/C22H20N4S2/c23-19-3-1-15(2-4-19)22-24-10-18-11-26(7-5-21(18)25-22)12-20-9-17(14-28-20)16-6-8-27-13-16/h1-4,6,8-10,13-14H,5,7,11-12,23H2. The lowest BCUT2D eigenvalue weighted by Crippen LogP contribution is -2.30. The van der Waals surface area contributed by atoms with Crippen LogP contribution in [0.4, 0.5) is 5.69 Å². The van der Waals surface area contributed by atoms with Crippen LogP contribution in [0.5, 0.6) is 0 Å². The minimum absolute atomic E-state index is 0.757. The molecule has 28 heavy (non-hydrogen) atoms. The second-order valence-electron chi connectivity index (χ2n) is 7.06. The molecule has 0 atom stereocenters. The Balaban J connectivity index is 1.30. The number of fused-ring (bicyclic) bond motifs is 1. The Morgan fingerprint density at radius 2 is 1.93 bits per heavy atom. The van der Waals surface area contributed by atoms with E-state index in [1.807, 2.05) is 41.8 Å². The molecule has 6 heteroatoms. The smallest absolute Gasteiger partial charge is 0.159 e. The molecule has 0 radical (unpaired) electrons. The summed E-state index contributed by atoms with van der Waals surface area (Å²) in [7, 11) is 0. The molecule has 0 aliphatic carbocycles. The number of rotatable bonds is 4.